The molecule has 0 radical (unpaired) electrons. The number of amides is 1. The summed E-state index contributed by atoms with van der Waals surface area (Å²) in [7, 11) is 1.34. The van der Waals surface area contributed by atoms with Gasteiger partial charge in [-0.25, -0.2) is 5.43 Å². The van der Waals surface area contributed by atoms with Gasteiger partial charge in [0.15, 0.2) is 11.5 Å². The zero-order valence-electron chi connectivity index (χ0n) is 13.1. The number of nitrogens with zero attached hydrogens (tertiary/aromatic N) is 1. The van der Waals surface area contributed by atoms with Crippen molar-refractivity contribution in [2.45, 2.75) is 13.5 Å². The van der Waals surface area contributed by atoms with Gasteiger partial charge in [-0.3, -0.25) is 4.79 Å². The minimum absolute atomic E-state index is 0.143. The van der Waals surface area contributed by atoms with E-state index in [-0.39, 0.29) is 17.1 Å². The number of ether oxygens (including phenoxy) is 2. The summed E-state index contributed by atoms with van der Waals surface area (Å²) in [6.45, 7) is -1.09. The number of benzene rings is 2. The molecular formula is C17H16F2N2O3. The predicted molar refractivity (Wildman–Crippen MR) is 85.9 cm³/mol. The monoisotopic (exact) mass is 334 g/mol. The average molecular weight is 334 g/mol. The van der Waals surface area contributed by atoms with Crippen LogP contribution >= 0.6 is 0 Å². The number of methoxy groups -OCH3 is 1. The molecule has 0 aliphatic rings. The number of rotatable bonds is 6. The number of carbonyl (C=O) groups excluding carboxylic acids is 1. The fourth-order valence-corrected chi connectivity index (χ4v) is 1.94. The number of hydrazone groups is 1. The van der Waals surface area contributed by atoms with Gasteiger partial charge in [-0.05, 0) is 31.2 Å². The van der Waals surface area contributed by atoms with Crippen LogP contribution in [0.5, 0.6) is 11.5 Å². The maximum atomic E-state index is 12.5. The van der Waals surface area contributed by atoms with Crippen molar-refractivity contribution < 1.29 is 23.0 Å². The van der Waals surface area contributed by atoms with E-state index in [1.807, 2.05) is 6.92 Å². The molecule has 1 amide bonds. The van der Waals surface area contributed by atoms with Crippen LogP contribution in [0.25, 0.3) is 0 Å². The van der Waals surface area contributed by atoms with Gasteiger partial charge in [0.05, 0.1) is 13.3 Å². The first-order chi connectivity index (χ1) is 11.5. The van der Waals surface area contributed by atoms with Crippen molar-refractivity contribution in [1.82, 2.24) is 5.43 Å². The molecule has 0 saturated heterocycles. The van der Waals surface area contributed by atoms with Crippen molar-refractivity contribution in [3.05, 3.63) is 59.2 Å². The lowest BCUT2D eigenvalue weighted by atomic mass is 10.1. The number of halogens is 2. The molecule has 0 spiro atoms. The van der Waals surface area contributed by atoms with E-state index in [9.17, 15) is 13.6 Å². The van der Waals surface area contributed by atoms with Crippen LogP contribution in [0.2, 0.25) is 0 Å². The Kier molecular flexibility index (Phi) is 5.83. The van der Waals surface area contributed by atoms with Crippen molar-refractivity contribution in [2.75, 3.05) is 7.11 Å². The second-order valence-corrected chi connectivity index (χ2v) is 4.82. The lowest BCUT2D eigenvalue weighted by Gasteiger charge is -2.11. The number of para-hydroxylation sites is 1. The van der Waals surface area contributed by atoms with Crippen LogP contribution in [0.3, 0.4) is 0 Å². The maximum absolute atomic E-state index is 12.5. The van der Waals surface area contributed by atoms with E-state index in [0.717, 1.165) is 5.56 Å². The van der Waals surface area contributed by atoms with Crippen LogP contribution in [-0.2, 0) is 0 Å². The van der Waals surface area contributed by atoms with Crippen LogP contribution in [0.1, 0.15) is 21.5 Å². The highest BCUT2D eigenvalue weighted by molar-refractivity contribution is 5.95. The molecule has 0 fully saturated rings. The van der Waals surface area contributed by atoms with E-state index in [4.69, 9.17) is 4.74 Å². The van der Waals surface area contributed by atoms with Gasteiger partial charge in [0, 0.05) is 11.1 Å². The van der Waals surface area contributed by atoms with Gasteiger partial charge in [0.25, 0.3) is 5.91 Å². The van der Waals surface area contributed by atoms with Gasteiger partial charge < -0.3 is 9.47 Å². The molecular weight excluding hydrogens is 318 g/mol. The van der Waals surface area contributed by atoms with Crippen LogP contribution in [0, 0.1) is 6.92 Å². The molecule has 0 aliphatic heterocycles. The van der Waals surface area contributed by atoms with Gasteiger partial charge in [0.2, 0.25) is 0 Å². The Morgan fingerprint density at radius 3 is 2.54 bits per heavy atom. The minimum Gasteiger partial charge on any atom is -0.493 e. The third kappa shape index (κ3) is 4.52. The minimum atomic E-state index is -3.00. The Morgan fingerprint density at radius 1 is 1.21 bits per heavy atom. The molecule has 0 heterocycles. The molecule has 0 aromatic heterocycles. The number of hydrogen-bond donors (Lipinski definition) is 1. The lowest BCUT2D eigenvalue weighted by Crippen LogP contribution is -2.17. The summed E-state index contributed by atoms with van der Waals surface area (Å²) < 4.78 is 34.5. The summed E-state index contributed by atoms with van der Waals surface area (Å²) in [4.78, 5) is 11.9. The van der Waals surface area contributed by atoms with Gasteiger partial charge >= 0.3 is 6.61 Å². The third-order valence-corrected chi connectivity index (χ3v) is 3.12. The molecule has 7 heteroatoms. The highest BCUT2D eigenvalue weighted by Crippen LogP contribution is 2.31. The number of carbonyl (C=O) groups is 1. The smallest absolute Gasteiger partial charge is 0.387 e. The first kappa shape index (κ1) is 17.4. The predicted octanol–water partition coefficient (Wildman–Crippen LogP) is 3.37. The molecule has 2 rings (SSSR count). The zero-order chi connectivity index (χ0) is 17.5. The van der Waals surface area contributed by atoms with Gasteiger partial charge in [-0.15, -0.1) is 0 Å². The van der Waals surface area contributed by atoms with Crippen LogP contribution in [0.15, 0.2) is 47.6 Å². The van der Waals surface area contributed by atoms with Crippen LogP contribution in [0.4, 0.5) is 8.78 Å². The molecule has 5 nitrogen and oxygen atoms in total. The highest BCUT2D eigenvalue weighted by Gasteiger charge is 2.14. The summed E-state index contributed by atoms with van der Waals surface area (Å²) in [5.74, 6) is -0.419. The average Bonchev–Trinajstić information content (AvgIpc) is 2.56. The number of alkyl halides is 2. The summed E-state index contributed by atoms with van der Waals surface area (Å²) in [6.07, 6.45) is 1.21. The Hall–Kier alpha value is -2.96. The largest absolute Gasteiger partial charge is 0.493 e. The lowest BCUT2D eigenvalue weighted by molar-refractivity contribution is -0.0513. The van der Waals surface area contributed by atoms with Crippen molar-refractivity contribution in [3.63, 3.8) is 0 Å². The molecule has 0 aliphatic carbocycles. The Labute approximate surface area is 137 Å². The second-order valence-electron chi connectivity index (χ2n) is 4.82. The quantitative estimate of drug-likeness (QED) is 0.651. The van der Waals surface area contributed by atoms with E-state index in [1.165, 1.54) is 25.5 Å². The zero-order valence-corrected chi connectivity index (χ0v) is 13.1. The maximum Gasteiger partial charge on any atom is 0.387 e. The van der Waals surface area contributed by atoms with Gasteiger partial charge in [-0.1, -0.05) is 23.8 Å². The van der Waals surface area contributed by atoms with E-state index in [1.54, 1.807) is 30.3 Å². The van der Waals surface area contributed by atoms with Gasteiger partial charge in [-0.2, -0.15) is 13.9 Å². The topological polar surface area (TPSA) is 59.9 Å². The third-order valence-electron chi connectivity index (χ3n) is 3.12. The molecule has 0 unspecified atom stereocenters. The summed E-state index contributed by atoms with van der Waals surface area (Å²) >= 11 is 0. The standard InChI is InChI=1S/C17H16F2N2O3/c1-11-6-8-12(9-7-11)16(22)21-20-10-13-4-3-5-14(23-2)15(13)24-17(18)19/h3-10,17H,1-2H3,(H,21,22)/b20-10-. The summed E-state index contributed by atoms with van der Waals surface area (Å²) in [6, 6.07) is 11.5. The molecule has 0 atom stereocenters. The van der Waals surface area contributed by atoms with E-state index >= 15 is 0 Å². The Balaban J connectivity index is 2.13. The van der Waals surface area contributed by atoms with Crippen LogP contribution < -0.4 is 14.9 Å². The van der Waals surface area contributed by atoms with Gasteiger partial charge in [0.1, 0.15) is 0 Å². The van der Waals surface area contributed by atoms with E-state index < -0.39 is 12.5 Å². The van der Waals surface area contributed by atoms with Crippen molar-refractivity contribution >= 4 is 12.1 Å². The molecule has 2 aromatic rings. The van der Waals surface area contributed by atoms with E-state index in [2.05, 4.69) is 15.3 Å². The molecule has 126 valence electrons. The fraction of sp³-hybridized carbons (Fsp3) is 0.176. The normalized spacial score (nSPS) is 10.9. The number of nitrogens with one attached hydrogen (secondary N) is 1. The highest BCUT2D eigenvalue weighted by atomic mass is 19.3. The van der Waals surface area contributed by atoms with Crippen molar-refractivity contribution in [3.8, 4) is 11.5 Å². The first-order valence-electron chi connectivity index (χ1n) is 7.03. The SMILES string of the molecule is COc1cccc(/C=N\NC(=O)c2ccc(C)cc2)c1OC(F)F. The van der Waals surface area contributed by atoms with Crippen molar-refractivity contribution in [1.29, 1.82) is 0 Å². The van der Waals surface area contributed by atoms with E-state index in [0.29, 0.717) is 5.56 Å². The second kappa shape index (κ2) is 8.05. The molecule has 1 N–H and O–H groups in total. The summed E-state index contributed by atoms with van der Waals surface area (Å²) in [5, 5.41) is 3.78. The Morgan fingerprint density at radius 2 is 1.92 bits per heavy atom. The number of hydrogen-bond acceptors (Lipinski definition) is 4. The molecule has 0 bridgehead atoms. The Bertz CT molecular complexity index is 731. The molecule has 2 aromatic carbocycles. The van der Waals surface area contributed by atoms with Crippen LogP contribution in [-0.4, -0.2) is 25.8 Å². The fourth-order valence-electron chi connectivity index (χ4n) is 1.94. The molecule has 0 saturated carbocycles. The summed E-state index contributed by atoms with van der Waals surface area (Å²) in [5.41, 5.74) is 4.05. The molecule has 24 heavy (non-hydrogen) atoms. The number of aryl methyl sites for hydroxylation is 1. The first-order valence-corrected chi connectivity index (χ1v) is 7.03. The van der Waals surface area contributed by atoms with Crippen molar-refractivity contribution in [2.24, 2.45) is 5.10 Å².